The van der Waals surface area contributed by atoms with Gasteiger partial charge in [-0.25, -0.2) is 8.42 Å². The van der Waals surface area contributed by atoms with E-state index < -0.39 is 21.3 Å². The fraction of sp³-hybridized carbons (Fsp3) is 0.917. The van der Waals surface area contributed by atoms with Crippen molar-refractivity contribution in [1.29, 1.82) is 0 Å². The van der Waals surface area contributed by atoms with Gasteiger partial charge < -0.3 is 10.4 Å². The number of nitrogens with zero attached hydrogens (tertiary/aromatic N) is 1. The third-order valence-corrected chi connectivity index (χ3v) is 6.20. The third kappa shape index (κ3) is 3.09. The highest BCUT2D eigenvalue weighted by Crippen LogP contribution is 2.33. The summed E-state index contributed by atoms with van der Waals surface area (Å²) in [5, 5.41) is 12.3. The zero-order chi connectivity index (χ0) is 14.1. The van der Waals surface area contributed by atoms with Gasteiger partial charge in [-0.05, 0) is 39.3 Å². The van der Waals surface area contributed by atoms with E-state index in [-0.39, 0.29) is 17.5 Å². The van der Waals surface area contributed by atoms with Gasteiger partial charge >= 0.3 is 5.97 Å². The lowest BCUT2D eigenvalue weighted by atomic mass is 9.98. The van der Waals surface area contributed by atoms with Crippen LogP contribution in [0.3, 0.4) is 0 Å². The molecular formula is C12H22N2O4S. The predicted octanol–water partition coefficient (Wildman–Crippen LogP) is -0.298. The van der Waals surface area contributed by atoms with E-state index in [1.165, 1.54) is 0 Å². The average Bonchev–Trinajstić information content (AvgIpc) is 2.71. The summed E-state index contributed by atoms with van der Waals surface area (Å²) in [6.07, 6.45) is 2.62. The number of carboxylic acids is 1. The first-order valence-corrected chi connectivity index (χ1v) is 8.57. The standard InChI is InChI=1S/C12H22N2O4S/c1-13-12(11(15)16)4-3-10(9-12)14-5-2-7-19(17,18)8-6-14/h10,13H,2-9H2,1H3,(H,15,16). The second kappa shape index (κ2) is 5.38. The number of aliphatic carboxylic acids is 1. The lowest BCUT2D eigenvalue weighted by Gasteiger charge is -2.29. The van der Waals surface area contributed by atoms with E-state index in [2.05, 4.69) is 10.2 Å². The predicted molar refractivity (Wildman–Crippen MR) is 71.9 cm³/mol. The van der Waals surface area contributed by atoms with Crippen LogP contribution < -0.4 is 5.32 Å². The Morgan fingerprint density at radius 3 is 2.68 bits per heavy atom. The molecule has 2 unspecified atom stereocenters. The van der Waals surface area contributed by atoms with Crippen LogP contribution in [0.25, 0.3) is 0 Å². The number of likely N-dealkylation sites (N-methyl/N-ethyl adjacent to an activating group) is 1. The van der Waals surface area contributed by atoms with Gasteiger partial charge in [0.1, 0.15) is 5.54 Å². The molecule has 1 saturated carbocycles. The minimum atomic E-state index is -2.91. The zero-order valence-corrected chi connectivity index (χ0v) is 12.1. The van der Waals surface area contributed by atoms with Crippen LogP contribution in [0.4, 0.5) is 0 Å². The van der Waals surface area contributed by atoms with E-state index in [1.54, 1.807) is 7.05 Å². The Kier molecular flexibility index (Phi) is 4.17. The lowest BCUT2D eigenvalue weighted by Crippen LogP contribution is -2.49. The molecule has 0 radical (unpaired) electrons. The molecule has 0 bridgehead atoms. The quantitative estimate of drug-likeness (QED) is 0.742. The molecule has 1 aliphatic heterocycles. The molecule has 2 rings (SSSR count). The highest BCUT2D eigenvalue weighted by Gasteiger charge is 2.46. The molecular weight excluding hydrogens is 268 g/mol. The molecule has 2 atom stereocenters. The SMILES string of the molecule is CNC1(C(=O)O)CCC(N2CCCS(=O)(=O)CC2)C1. The molecule has 2 aliphatic rings. The van der Waals surface area contributed by atoms with Gasteiger partial charge in [-0.2, -0.15) is 0 Å². The summed E-state index contributed by atoms with van der Waals surface area (Å²) in [6, 6.07) is 0.178. The molecule has 0 aromatic heterocycles. The van der Waals surface area contributed by atoms with Crippen molar-refractivity contribution in [1.82, 2.24) is 10.2 Å². The molecule has 2 fully saturated rings. The summed E-state index contributed by atoms with van der Waals surface area (Å²) in [6.45, 7) is 1.29. The maximum Gasteiger partial charge on any atom is 0.323 e. The van der Waals surface area contributed by atoms with Gasteiger partial charge in [-0.15, -0.1) is 0 Å². The zero-order valence-electron chi connectivity index (χ0n) is 11.3. The van der Waals surface area contributed by atoms with Crippen molar-refractivity contribution in [3.05, 3.63) is 0 Å². The topological polar surface area (TPSA) is 86.7 Å². The second-order valence-corrected chi connectivity index (χ2v) is 7.88. The van der Waals surface area contributed by atoms with Crippen LogP contribution >= 0.6 is 0 Å². The molecule has 2 N–H and O–H groups in total. The fourth-order valence-corrected chi connectivity index (χ4v) is 4.47. The maximum atomic E-state index is 11.6. The first-order chi connectivity index (χ1) is 8.88. The Balaban J connectivity index is 2.03. The highest BCUT2D eigenvalue weighted by atomic mass is 32.2. The Labute approximate surface area is 114 Å². The number of carboxylic acid groups (broad SMARTS) is 1. The summed E-state index contributed by atoms with van der Waals surface area (Å²) in [7, 11) is -1.22. The average molecular weight is 290 g/mol. The van der Waals surface area contributed by atoms with Gasteiger partial charge in [0.15, 0.2) is 9.84 Å². The third-order valence-electron chi connectivity index (χ3n) is 4.48. The molecule has 19 heavy (non-hydrogen) atoms. The summed E-state index contributed by atoms with van der Waals surface area (Å²) in [5.74, 6) is -0.352. The van der Waals surface area contributed by atoms with Crippen molar-refractivity contribution in [3.63, 3.8) is 0 Å². The van der Waals surface area contributed by atoms with Gasteiger partial charge in [0.2, 0.25) is 0 Å². The van der Waals surface area contributed by atoms with Gasteiger partial charge in [0.05, 0.1) is 11.5 Å². The van der Waals surface area contributed by atoms with Crippen LogP contribution in [0.1, 0.15) is 25.7 Å². The molecule has 0 spiro atoms. The van der Waals surface area contributed by atoms with Gasteiger partial charge in [-0.3, -0.25) is 9.69 Å². The Morgan fingerprint density at radius 1 is 1.37 bits per heavy atom. The Morgan fingerprint density at radius 2 is 2.11 bits per heavy atom. The van der Waals surface area contributed by atoms with Gasteiger partial charge in [-0.1, -0.05) is 0 Å². The van der Waals surface area contributed by atoms with Crippen molar-refractivity contribution in [2.45, 2.75) is 37.3 Å². The summed E-state index contributed by atoms with van der Waals surface area (Å²) < 4.78 is 23.2. The number of rotatable bonds is 3. The number of carbonyl (C=O) groups is 1. The Hall–Kier alpha value is -0.660. The van der Waals surface area contributed by atoms with Crippen molar-refractivity contribution < 1.29 is 18.3 Å². The van der Waals surface area contributed by atoms with Gasteiger partial charge in [0.25, 0.3) is 0 Å². The van der Waals surface area contributed by atoms with Crippen molar-refractivity contribution in [2.75, 3.05) is 31.6 Å². The number of hydrogen-bond acceptors (Lipinski definition) is 5. The van der Waals surface area contributed by atoms with E-state index in [4.69, 9.17) is 0 Å². The molecule has 1 saturated heterocycles. The van der Waals surface area contributed by atoms with Crippen LogP contribution in [0.5, 0.6) is 0 Å². The second-order valence-electron chi connectivity index (χ2n) is 5.58. The van der Waals surface area contributed by atoms with Crippen LogP contribution in [0.2, 0.25) is 0 Å². The smallest absolute Gasteiger partial charge is 0.323 e. The van der Waals surface area contributed by atoms with E-state index in [0.717, 1.165) is 13.0 Å². The molecule has 6 nitrogen and oxygen atoms in total. The number of sulfone groups is 1. The lowest BCUT2D eigenvalue weighted by molar-refractivity contribution is -0.144. The van der Waals surface area contributed by atoms with Crippen molar-refractivity contribution in [2.24, 2.45) is 0 Å². The summed E-state index contributed by atoms with van der Waals surface area (Å²) in [5.41, 5.74) is -0.837. The normalized spacial score (nSPS) is 35.9. The minimum Gasteiger partial charge on any atom is -0.480 e. The molecule has 7 heteroatoms. The van der Waals surface area contributed by atoms with Crippen LogP contribution in [0, 0.1) is 0 Å². The molecule has 0 amide bonds. The Bertz CT molecular complexity index is 451. The van der Waals surface area contributed by atoms with Crippen LogP contribution in [-0.4, -0.2) is 67.6 Å². The van der Waals surface area contributed by atoms with Crippen LogP contribution in [0.15, 0.2) is 0 Å². The fourth-order valence-electron chi connectivity index (χ4n) is 3.18. The largest absolute Gasteiger partial charge is 0.480 e. The first-order valence-electron chi connectivity index (χ1n) is 6.75. The minimum absolute atomic E-state index is 0.178. The molecule has 0 aromatic rings. The van der Waals surface area contributed by atoms with Crippen molar-refractivity contribution in [3.8, 4) is 0 Å². The number of nitrogens with one attached hydrogen (secondary N) is 1. The molecule has 110 valence electrons. The number of hydrogen-bond donors (Lipinski definition) is 2. The van der Waals surface area contributed by atoms with E-state index in [0.29, 0.717) is 25.8 Å². The van der Waals surface area contributed by atoms with E-state index in [9.17, 15) is 18.3 Å². The monoisotopic (exact) mass is 290 g/mol. The van der Waals surface area contributed by atoms with E-state index in [1.807, 2.05) is 0 Å². The highest BCUT2D eigenvalue weighted by molar-refractivity contribution is 7.91. The van der Waals surface area contributed by atoms with Crippen molar-refractivity contribution >= 4 is 15.8 Å². The van der Waals surface area contributed by atoms with Crippen LogP contribution in [-0.2, 0) is 14.6 Å². The molecule has 1 heterocycles. The summed E-state index contributed by atoms with van der Waals surface area (Å²) in [4.78, 5) is 13.5. The van der Waals surface area contributed by atoms with Gasteiger partial charge in [0, 0.05) is 12.6 Å². The molecule has 1 aliphatic carbocycles. The summed E-state index contributed by atoms with van der Waals surface area (Å²) >= 11 is 0. The van der Waals surface area contributed by atoms with E-state index >= 15 is 0 Å². The molecule has 0 aromatic carbocycles. The first kappa shape index (κ1) is 14.7. The maximum absolute atomic E-state index is 11.6.